The molecule has 0 aliphatic carbocycles. The monoisotopic (exact) mass is 339 g/mol. The molecular weight excluding hydrogens is 314 g/mol. The zero-order valence-corrected chi connectivity index (χ0v) is 15.2. The van der Waals surface area contributed by atoms with Gasteiger partial charge in [0.1, 0.15) is 18.1 Å². The van der Waals surface area contributed by atoms with Crippen molar-refractivity contribution in [3.8, 4) is 5.75 Å². The van der Waals surface area contributed by atoms with E-state index in [1.54, 1.807) is 6.08 Å². The second-order valence-electron chi connectivity index (χ2n) is 6.47. The van der Waals surface area contributed by atoms with Crippen LogP contribution in [0.5, 0.6) is 5.75 Å². The summed E-state index contributed by atoms with van der Waals surface area (Å²) in [5.74, 6) is 0.760. The van der Waals surface area contributed by atoms with Crippen molar-refractivity contribution >= 4 is 11.6 Å². The van der Waals surface area contributed by atoms with Gasteiger partial charge in [-0.1, -0.05) is 6.58 Å². The first kappa shape index (κ1) is 17.4. The number of hydrogen-bond acceptors (Lipinski definition) is 4. The average molecular weight is 339 g/mol. The van der Waals surface area contributed by atoms with Gasteiger partial charge in [0.05, 0.1) is 18.9 Å². The summed E-state index contributed by atoms with van der Waals surface area (Å²) in [6.07, 6.45) is 4.44. The summed E-state index contributed by atoms with van der Waals surface area (Å²) in [4.78, 5) is 4.46. The minimum Gasteiger partial charge on any atom is -0.487 e. The van der Waals surface area contributed by atoms with Gasteiger partial charge >= 0.3 is 0 Å². The molecule has 0 saturated carbocycles. The highest BCUT2D eigenvalue weighted by Crippen LogP contribution is 2.28. The standard InChI is InChI=1S/C20H25N3O2/c1-5-18-20(7-6-15(4)22-18)25-12-16-9-11-24-13-17(16)19-8-10-21-23(19)14(2)3/h5-8,10,14H,1,9,11-13H2,2-4H3. The Morgan fingerprint density at radius 3 is 2.96 bits per heavy atom. The maximum Gasteiger partial charge on any atom is 0.145 e. The lowest BCUT2D eigenvalue weighted by atomic mass is 10.0. The van der Waals surface area contributed by atoms with Crippen molar-refractivity contribution in [2.24, 2.45) is 0 Å². The Morgan fingerprint density at radius 1 is 1.36 bits per heavy atom. The summed E-state index contributed by atoms with van der Waals surface area (Å²) < 4.78 is 13.8. The Morgan fingerprint density at radius 2 is 2.20 bits per heavy atom. The molecule has 1 aliphatic heterocycles. The molecule has 3 rings (SSSR count). The molecule has 5 nitrogen and oxygen atoms in total. The summed E-state index contributed by atoms with van der Waals surface area (Å²) >= 11 is 0. The maximum absolute atomic E-state index is 6.07. The van der Waals surface area contributed by atoms with E-state index >= 15 is 0 Å². The van der Waals surface area contributed by atoms with Gasteiger partial charge in [0.15, 0.2) is 0 Å². The molecule has 5 heteroatoms. The Kier molecular flexibility index (Phi) is 5.34. The third-order valence-corrected chi connectivity index (χ3v) is 4.31. The normalized spacial score (nSPS) is 14.9. The van der Waals surface area contributed by atoms with Crippen LogP contribution in [0, 0.1) is 6.92 Å². The lowest BCUT2D eigenvalue weighted by molar-refractivity contribution is 0.155. The molecule has 0 aromatic carbocycles. The molecule has 0 atom stereocenters. The molecule has 0 amide bonds. The minimum atomic E-state index is 0.301. The zero-order chi connectivity index (χ0) is 17.8. The highest BCUT2D eigenvalue weighted by Gasteiger charge is 2.20. The van der Waals surface area contributed by atoms with Crippen LogP contribution in [0.15, 0.2) is 36.5 Å². The molecule has 3 heterocycles. The van der Waals surface area contributed by atoms with Gasteiger partial charge in [0.2, 0.25) is 0 Å². The summed E-state index contributed by atoms with van der Waals surface area (Å²) in [6.45, 7) is 11.9. The lowest BCUT2D eigenvalue weighted by Gasteiger charge is -2.23. The van der Waals surface area contributed by atoms with Gasteiger partial charge in [-0.05, 0) is 57.0 Å². The van der Waals surface area contributed by atoms with Crippen LogP contribution in [0.1, 0.15) is 43.4 Å². The Labute approximate surface area is 149 Å². The van der Waals surface area contributed by atoms with Crippen molar-refractivity contribution in [2.45, 2.75) is 33.2 Å². The van der Waals surface area contributed by atoms with Gasteiger partial charge in [-0.25, -0.2) is 4.98 Å². The minimum absolute atomic E-state index is 0.301. The van der Waals surface area contributed by atoms with Crippen LogP contribution in [-0.2, 0) is 4.74 Å². The molecule has 0 fully saturated rings. The van der Waals surface area contributed by atoms with Crippen LogP contribution in [-0.4, -0.2) is 34.6 Å². The topological polar surface area (TPSA) is 49.2 Å². The number of rotatable bonds is 6. The fraction of sp³-hybridized carbons (Fsp3) is 0.400. The lowest BCUT2D eigenvalue weighted by Crippen LogP contribution is -2.18. The van der Waals surface area contributed by atoms with Gasteiger partial charge in [-0.2, -0.15) is 5.10 Å². The number of aryl methyl sites for hydroxylation is 1. The van der Waals surface area contributed by atoms with Gasteiger partial charge in [0.25, 0.3) is 0 Å². The predicted molar refractivity (Wildman–Crippen MR) is 99.5 cm³/mol. The van der Waals surface area contributed by atoms with E-state index in [9.17, 15) is 0 Å². The largest absolute Gasteiger partial charge is 0.487 e. The molecule has 0 radical (unpaired) electrons. The molecule has 25 heavy (non-hydrogen) atoms. The Bertz CT molecular complexity index is 790. The van der Waals surface area contributed by atoms with E-state index in [0.717, 1.165) is 35.9 Å². The van der Waals surface area contributed by atoms with Crippen molar-refractivity contribution in [3.05, 3.63) is 53.6 Å². The Hall–Kier alpha value is -2.40. The van der Waals surface area contributed by atoms with Crippen molar-refractivity contribution in [2.75, 3.05) is 19.8 Å². The van der Waals surface area contributed by atoms with Crippen molar-refractivity contribution in [1.82, 2.24) is 14.8 Å². The van der Waals surface area contributed by atoms with Crippen LogP contribution in [0.4, 0.5) is 0 Å². The molecule has 0 N–H and O–H groups in total. The van der Waals surface area contributed by atoms with E-state index in [4.69, 9.17) is 9.47 Å². The molecule has 0 bridgehead atoms. The fourth-order valence-electron chi connectivity index (χ4n) is 3.00. The molecule has 132 valence electrons. The number of nitrogens with zero attached hydrogens (tertiary/aromatic N) is 3. The highest BCUT2D eigenvalue weighted by molar-refractivity contribution is 5.68. The average Bonchev–Trinajstić information content (AvgIpc) is 3.10. The second kappa shape index (κ2) is 7.66. The van der Waals surface area contributed by atoms with E-state index in [-0.39, 0.29) is 0 Å². The highest BCUT2D eigenvalue weighted by atomic mass is 16.5. The molecule has 2 aromatic heterocycles. The number of pyridine rings is 1. The predicted octanol–water partition coefficient (Wildman–Crippen LogP) is 4.06. The van der Waals surface area contributed by atoms with Gasteiger partial charge < -0.3 is 9.47 Å². The molecule has 2 aromatic rings. The van der Waals surface area contributed by atoms with Gasteiger partial charge in [-0.3, -0.25) is 4.68 Å². The van der Waals surface area contributed by atoms with Crippen molar-refractivity contribution in [3.63, 3.8) is 0 Å². The first-order valence-electron chi connectivity index (χ1n) is 8.65. The SMILES string of the molecule is C=Cc1nc(C)ccc1OCC1=C(c2ccnn2C(C)C)COCC1. The molecule has 1 aliphatic rings. The van der Waals surface area contributed by atoms with E-state index in [1.807, 2.05) is 36.0 Å². The summed E-state index contributed by atoms with van der Waals surface area (Å²) in [5, 5.41) is 4.44. The van der Waals surface area contributed by atoms with Crippen LogP contribution < -0.4 is 4.74 Å². The summed E-state index contributed by atoms with van der Waals surface area (Å²) in [5.41, 5.74) is 5.27. The van der Waals surface area contributed by atoms with E-state index in [2.05, 4.69) is 30.5 Å². The zero-order valence-electron chi connectivity index (χ0n) is 15.2. The fourth-order valence-corrected chi connectivity index (χ4v) is 3.00. The summed E-state index contributed by atoms with van der Waals surface area (Å²) in [7, 11) is 0. The van der Waals surface area contributed by atoms with Crippen LogP contribution in [0.2, 0.25) is 0 Å². The van der Waals surface area contributed by atoms with E-state index < -0.39 is 0 Å². The third kappa shape index (κ3) is 3.82. The molecule has 0 saturated heterocycles. The third-order valence-electron chi connectivity index (χ3n) is 4.31. The molecule has 0 spiro atoms. The molecule has 0 unspecified atom stereocenters. The van der Waals surface area contributed by atoms with Crippen LogP contribution >= 0.6 is 0 Å². The van der Waals surface area contributed by atoms with Crippen molar-refractivity contribution in [1.29, 1.82) is 0 Å². The number of ether oxygens (including phenoxy) is 2. The van der Waals surface area contributed by atoms with Gasteiger partial charge in [-0.15, -0.1) is 0 Å². The summed E-state index contributed by atoms with van der Waals surface area (Å²) in [6, 6.07) is 6.26. The number of aromatic nitrogens is 3. The van der Waals surface area contributed by atoms with E-state index in [0.29, 0.717) is 19.3 Å². The molecular formula is C20H25N3O2. The first-order chi connectivity index (χ1) is 12.1. The van der Waals surface area contributed by atoms with E-state index in [1.165, 1.54) is 11.1 Å². The first-order valence-corrected chi connectivity index (χ1v) is 8.65. The second-order valence-corrected chi connectivity index (χ2v) is 6.47. The maximum atomic E-state index is 6.07. The smallest absolute Gasteiger partial charge is 0.145 e. The number of hydrogen-bond donors (Lipinski definition) is 0. The van der Waals surface area contributed by atoms with Gasteiger partial charge in [0, 0.05) is 23.5 Å². The van der Waals surface area contributed by atoms with Crippen LogP contribution in [0.3, 0.4) is 0 Å². The van der Waals surface area contributed by atoms with Crippen molar-refractivity contribution < 1.29 is 9.47 Å². The Balaban J connectivity index is 1.87. The van der Waals surface area contributed by atoms with Crippen LogP contribution in [0.25, 0.3) is 11.6 Å². The quantitative estimate of drug-likeness (QED) is 0.796.